The molecule has 1 aromatic heterocycles. The second kappa shape index (κ2) is 10.3. The van der Waals surface area contributed by atoms with Crippen LogP contribution in [0.5, 0.6) is 5.75 Å². The van der Waals surface area contributed by atoms with E-state index in [1.807, 2.05) is 18.2 Å². The summed E-state index contributed by atoms with van der Waals surface area (Å²) in [5.74, 6) is -0.0248. The first-order valence-corrected chi connectivity index (χ1v) is 13.8. The van der Waals surface area contributed by atoms with E-state index in [9.17, 15) is 14.3 Å². The number of halogens is 1. The van der Waals surface area contributed by atoms with Gasteiger partial charge < -0.3 is 19.6 Å². The number of aliphatic carboxylic acids is 1. The molecule has 0 radical (unpaired) electrons. The van der Waals surface area contributed by atoms with Gasteiger partial charge in [0.1, 0.15) is 11.6 Å². The van der Waals surface area contributed by atoms with Crippen LogP contribution in [-0.2, 0) is 17.8 Å². The SMILES string of the molecule is COc1ccc(CCN(Cc2ccc(N3CC4CC3CC4C(=O)O)cc2)c2nc3cccc(F)c3s2)cc1. The molecule has 1 aliphatic carbocycles. The third kappa shape index (κ3) is 4.80. The number of anilines is 2. The number of rotatable bonds is 9. The van der Waals surface area contributed by atoms with Crippen LogP contribution in [0.1, 0.15) is 24.0 Å². The maximum absolute atomic E-state index is 14.4. The van der Waals surface area contributed by atoms with Crippen LogP contribution in [0.2, 0.25) is 0 Å². The lowest BCUT2D eigenvalue weighted by molar-refractivity contribution is -0.143. The van der Waals surface area contributed by atoms with Crippen molar-refractivity contribution in [1.29, 1.82) is 0 Å². The number of hydrogen-bond acceptors (Lipinski definition) is 6. The van der Waals surface area contributed by atoms with E-state index >= 15 is 0 Å². The van der Waals surface area contributed by atoms with E-state index in [2.05, 4.69) is 46.2 Å². The predicted octanol–water partition coefficient (Wildman–Crippen LogP) is 5.99. The van der Waals surface area contributed by atoms with E-state index in [-0.39, 0.29) is 17.7 Å². The van der Waals surface area contributed by atoms with Gasteiger partial charge in [-0.25, -0.2) is 9.37 Å². The molecule has 3 aromatic carbocycles. The molecule has 0 spiro atoms. The summed E-state index contributed by atoms with van der Waals surface area (Å²) in [6, 6.07) is 22.0. The van der Waals surface area contributed by atoms with Crippen molar-refractivity contribution in [1.82, 2.24) is 4.98 Å². The van der Waals surface area contributed by atoms with Gasteiger partial charge in [-0.2, -0.15) is 0 Å². The molecule has 1 saturated carbocycles. The number of ether oxygens (including phenoxy) is 1. The number of carboxylic acid groups (broad SMARTS) is 1. The van der Waals surface area contributed by atoms with Gasteiger partial charge in [-0.15, -0.1) is 0 Å². The Kier molecular flexibility index (Phi) is 6.66. The highest BCUT2D eigenvalue weighted by Crippen LogP contribution is 2.44. The standard InChI is InChI=1S/C30H30FN3O3S/c1-37-24-11-7-19(8-12-24)13-14-33(30-32-27-4-2-3-26(31)28(27)38-30)17-20-5-9-22(10-6-20)34-18-21-15-23(34)16-25(21)29(35)36/h2-12,21,23,25H,13-18H2,1H3,(H,35,36). The van der Waals surface area contributed by atoms with Gasteiger partial charge >= 0.3 is 5.97 Å². The molecule has 8 heteroatoms. The summed E-state index contributed by atoms with van der Waals surface area (Å²) in [4.78, 5) is 20.8. The smallest absolute Gasteiger partial charge is 0.306 e. The number of carbonyl (C=O) groups is 1. The van der Waals surface area contributed by atoms with Gasteiger partial charge in [-0.1, -0.05) is 41.7 Å². The van der Waals surface area contributed by atoms with Crippen LogP contribution in [0.3, 0.4) is 0 Å². The van der Waals surface area contributed by atoms with Gasteiger partial charge in [0, 0.05) is 31.4 Å². The number of thiazole rings is 1. The van der Waals surface area contributed by atoms with Crippen LogP contribution in [0.4, 0.5) is 15.2 Å². The molecule has 1 N–H and O–H groups in total. The Morgan fingerprint density at radius 2 is 1.87 bits per heavy atom. The van der Waals surface area contributed by atoms with Crippen molar-refractivity contribution in [2.24, 2.45) is 11.8 Å². The minimum atomic E-state index is -0.656. The Morgan fingerprint density at radius 1 is 1.11 bits per heavy atom. The van der Waals surface area contributed by atoms with Gasteiger partial charge in [0.2, 0.25) is 0 Å². The minimum Gasteiger partial charge on any atom is -0.497 e. The first kappa shape index (κ1) is 24.7. The van der Waals surface area contributed by atoms with E-state index < -0.39 is 5.97 Å². The Morgan fingerprint density at radius 3 is 2.53 bits per heavy atom. The van der Waals surface area contributed by atoms with Crippen LogP contribution in [0, 0.1) is 17.7 Å². The molecule has 38 heavy (non-hydrogen) atoms. The number of methoxy groups -OCH3 is 1. The first-order valence-electron chi connectivity index (χ1n) is 13.0. The quantitative estimate of drug-likeness (QED) is 0.286. The van der Waals surface area contributed by atoms with Gasteiger partial charge in [0.25, 0.3) is 0 Å². The molecule has 6 nitrogen and oxygen atoms in total. The van der Waals surface area contributed by atoms with Crippen LogP contribution >= 0.6 is 11.3 Å². The van der Waals surface area contributed by atoms with E-state index in [0.717, 1.165) is 54.5 Å². The van der Waals surface area contributed by atoms with Crippen molar-refractivity contribution in [3.8, 4) is 5.75 Å². The van der Waals surface area contributed by atoms with Gasteiger partial charge in [-0.05, 0) is 72.7 Å². The van der Waals surface area contributed by atoms with Crippen molar-refractivity contribution in [2.75, 3.05) is 30.0 Å². The van der Waals surface area contributed by atoms with E-state index in [1.54, 1.807) is 13.2 Å². The maximum Gasteiger partial charge on any atom is 0.306 e. The molecule has 2 bridgehead atoms. The molecule has 4 aromatic rings. The lowest BCUT2D eigenvalue weighted by Gasteiger charge is -2.32. The molecule has 2 heterocycles. The Hall–Kier alpha value is -3.65. The molecule has 0 amide bonds. The van der Waals surface area contributed by atoms with Crippen molar-refractivity contribution >= 4 is 38.3 Å². The van der Waals surface area contributed by atoms with Crippen molar-refractivity contribution in [3.05, 3.63) is 83.7 Å². The summed E-state index contributed by atoms with van der Waals surface area (Å²) in [6.45, 7) is 2.21. The Labute approximate surface area is 225 Å². The number of carboxylic acids is 1. The second-order valence-corrected chi connectivity index (χ2v) is 11.2. The van der Waals surface area contributed by atoms with Crippen LogP contribution in [-0.4, -0.2) is 42.3 Å². The highest BCUT2D eigenvalue weighted by atomic mass is 32.1. The maximum atomic E-state index is 14.4. The minimum absolute atomic E-state index is 0.201. The zero-order valence-corrected chi connectivity index (χ0v) is 22.0. The van der Waals surface area contributed by atoms with Crippen LogP contribution in [0.25, 0.3) is 10.2 Å². The number of aromatic nitrogens is 1. The van der Waals surface area contributed by atoms with Crippen molar-refractivity contribution in [2.45, 2.75) is 31.8 Å². The van der Waals surface area contributed by atoms with Crippen LogP contribution in [0.15, 0.2) is 66.7 Å². The highest BCUT2D eigenvalue weighted by molar-refractivity contribution is 7.22. The van der Waals surface area contributed by atoms with Gasteiger partial charge in [0.05, 0.1) is 23.2 Å². The summed E-state index contributed by atoms with van der Waals surface area (Å²) < 4.78 is 20.3. The normalized spacial score (nSPS) is 20.3. The van der Waals surface area contributed by atoms with Crippen molar-refractivity contribution < 1.29 is 19.0 Å². The van der Waals surface area contributed by atoms with Gasteiger partial charge in [-0.3, -0.25) is 4.79 Å². The molecule has 2 aliphatic rings. The largest absolute Gasteiger partial charge is 0.497 e. The molecule has 6 rings (SSSR count). The third-order valence-corrected chi connectivity index (χ3v) is 9.10. The Balaban J connectivity index is 1.20. The third-order valence-electron chi connectivity index (χ3n) is 7.96. The molecule has 1 aliphatic heterocycles. The molecular formula is C30H30FN3O3S. The van der Waals surface area contributed by atoms with Crippen molar-refractivity contribution in [3.63, 3.8) is 0 Å². The zero-order chi connectivity index (χ0) is 26.2. The molecule has 3 unspecified atom stereocenters. The van der Waals surface area contributed by atoms with E-state index in [0.29, 0.717) is 22.8 Å². The molecule has 2 fully saturated rings. The molecular weight excluding hydrogens is 501 g/mol. The summed E-state index contributed by atoms with van der Waals surface area (Å²) in [6.07, 6.45) is 2.52. The number of benzene rings is 3. The van der Waals surface area contributed by atoms with Gasteiger partial charge in [0.15, 0.2) is 5.13 Å². The summed E-state index contributed by atoms with van der Waals surface area (Å²) >= 11 is 1.39. The number of fused-ring (bicyclic) bond motifs is 3. The van der Waals surface area contributed by atoms with Crippen LogP contribution < -0.4 is 14.5 Å². The molecule has 3 atom stereocenters. The number of nitrogens with zero attached hydrogens (tertiary/aromatic N) is 3. The van der Waals surface area contributed by atoms with E-state index in [1.165, 1.54) is 23.0 Å². The first-order chi connectivity index (χ1) is 18.5. The highest BCUT2D eigenvalue weighted by Gasteiger charge is 2.47. The lowest BCUT2D eigenvalue weighted by atomic mass is 9.94. The fourth-order valence-electron chi connectivity index (χ4n) is 5.92. The number of hydrogen-bond donors (Lipinski definition) is 1. The van der Waals surface area contributed by atoms with E-state index in [4.69, 9.17) is 9.72 Å². The average molecular weight is 532 g/mol. The predicted molar refractivity (Wildman–Crippen MR) is 149 cm³/mol. The molecule has 1 saturated heterocycles. The Bertz CT molecular complexity index is 1440. The fourth-order valence-corrected chi connectivity index (χ4v) is 6.92. The average Bonchev–Trinajstić information content (AvgIpc) is 3.67. The second-order valence-electron chi connectivity index (χ2n) is 10.3. The summed E-state index contributed by atoms with van der Waals surface area (Å²) in [5, 5.41) is 10.3. The number of piperidine rings is 1. The monoisotopic (exact) mass is 531 g/mol. The lowest BCUT2D eigenvalue weighted by Crippen LogP contribution is -2.37. The summed E-state index contributed by atoms with van der Waals surface area (Å²) in [5.41, 5.74) is 4.17. The fraction of sp³-hybridized carbons (Fsp3) is 0.333. The summed E-state index contributed by atoms with van der Waals surface area (Å²) in [7, 11) is 1.66. The molecule has 196 valence electrons. The topological polar surface area (TPSA) is 65.9 Å². The zero-order valence-electron chi connectivity index (χ0n) is 21.2.